The van der Waals surface area contributed by atoms with Gasteiger partial charge >= 0.3 is 0 Å². The van der Waals surface area contributed by atoms with Crippen molar-refractivity contribution in [1.29, 1.82) is 0 Å². The highest BCUT2D eigenvalue weighted by molar-refractivity contribution is 7.79. The van der Waals surface area contributed by atoms with Gasteiger partial charge in [-0.25, -0.2) is 0 Å². The lowest BCUT2D eigenvalue weighted by Crippen LogP contribution is -2.12. The van der Waals surface area contributed by atoms with Gasteiger partial charge in [0.25, 0.3) is 0 Å². The molecule has 0 aliphatic carbocycles. The fourth-order valence-corrected chi connectivity index (χ4v) is 1.89. The molecule has 1 unspecified atom stereocenters. The molecule has 0 fully saturated rings. The lowest BCUT2D eigenvalue weighted by Gasteiger charge is -2.22. The normalized spacial score (nSPS) is 13.6. The smallest absolute Gasteiger partial charge is 0.134 e. The highest BCUT2D eigenvalue weighted by Gasteiger charge is 2.16. The maximum Gasteiger partial charge on any atom is 0.134 e. The summed E-state index contributed by atoms with van der Waals surface area (Å²) in [6.07, 6.45) is 0. The molecular formula is C12H17O3S-. The summed E-state index contributed by atoms with van der Waals surface area (Å²) in [7, 11) is 0. The Morgan fingerprint density at radius 2 is 2.00 bits per heavy atom. The second-order valence-electron chi connectivity index (χ2n) is 4.58. The zero-order chi connectivity index (χ0) is 12.3. The molecular weight excluding hydrogens is 224 g/mol. The predicted molar refractivity (Wildman–Crippen MR) is 63.5 cm³/mol. The van der Waals surface area contributed by atoms with Crippen molar-refractivity contribution in [3.8, 4) is 5.75 Å². The predicted octanol–water partition coefficient (Wildman–Crippen LogP) is 2.62. The number of ether oxygens (including phenoxy) is 1. The third-order valence-electron chi connectivity index (χ3n) is 2.29. The van der Waals surface area contributed by atoms with E-state index >= 15 is 0 Å². The average molecular weight is 241 g/mol. The Morgan fingerprint density at radius 1 is 1.38 bits per heavy atom. The van der Waals surface area contributed by atoms with Crippen LogP contribution in [0.15, 0.2) is 23.1 Å². The standard InChI is InChI=1S/C12H18O3S/c1-5-15-10-7-6-9(12(2,3)4)8-11(10)16(13)14/h6-8H,5H2,1-4H3,(H,13,14)/p-1. The van der Waals surface area contributed by atoms with Crippen LogP contribution in [-0.2, 0) is 16.5 Å². The summed E-state index contributed by atoms with van der Waals surface area (Å²) < 4.78 is 27.5. The fraction of sp³-hybridized carbons (Fsp3) is 0.500. The van der Waals surface area contributed by atoms with E-state index in [9.17, 15) is 8.76 Å². The van der Waals surface area contributed by atoms with Crippen molar-refractivity contribution in [2.24, 2.45) is 0 Å². The Bertz CT molecular complexity index is 394. The Balaban J connectivity index is 3.23. The minimum absolute atomic E-state index is 0.0706. The van der Waals surface area contributed by atoms with E-state index in [0.717, 1.165) is 5.56 Å². The van der Waals surface area contributed by atoms with Gasteiger partial charge in [0.15, 0.2) is 0 Å². The van der Waals surface area contributed by atoms with E-state index in [-0.39, 0.29) is 10.3 Å². The average Bonchev–Trinajstić information content (AvgIpc) is 2.16. The molecule has 1 atom stereocenters. The summed E-state index contributed by atoms with van der Waals surface area (Å²) in [5.41, 5.74) is 0.911. The highest BCUT2D eigenvalue weighted by atomic mass is 32.2. The van der Waals surface area contributed by atoms with E-state index in [0.29, 0.717) is 12.4 Å². The summed E-state index contributed by atoms with van der Waals surface area (Å²) in [4.78, 5) is 0.231. The van der Waals surface area contributed by atoms with E-state index in [4.69, 9.17) is 4.74 Å². The lowest BCUT2D eigenvalue weighted by atomic mass is 9.87. The van der Waals surface area contributed by atoms with Gasteiger partial charge in [-0.05, 0) is 41.1 Å². The second-order valence-corrected chi connectivity index (χ2v) is 5.49. The molecule has 0 saturated heterocycles. The van der Waals surface area contributed by atoms with Crippen molar-refractivity contribution < 1.29 is 13.5 Å². The van der Waals surface area contributed by atoms with Crippen LogP contribution in [0.1, 0.15) is 33.3 Å². The van der Waals surface area contributed by atoms with Gasteiger partial charge in [0.05, 0.1) is 11.5 Å². The van der Waals surface area contributed by atoms with Crippen LogP contribution in [0.3, 0.4) is 0 Å². The first-order valence-electron chi connectivity index (χ1n) is 5.23. The molecule has 0 aliphatic heterocycles. The Hall–Kier alpha value is -0.870. The molecule has 1 aromatic carbocycles. The summed E-state index contributed by atoms with van der Waals surface area (Å²) in [6.45, 7) is 8.41. The van der Waals surface area contributed by atoms with Gasteiger partial charge < -0.3 is 9.29 Å². The Kier molecular flexibility index (Phi) is 4.10. The summed E-state index contributed by atoms with van der Waals surface area (Å²) >= 11 is -2.26. The van der Waals surface area contributed by atoms with Crippen LogP contribution in [0.5, 0.6) is 5.75 Å². The quantitative estimate of drug-likeness (QED) is 0.764. The molecule has 4 heteroatoms. The Labute approximate surface area is 99.1 Å². The molecule has 0 amide bonds. The van der Waals surface area contributed by atoms with Crippen LogP contribution in [0.4, 0.5) is 0 Å². The van der Waals surface area contributed by atoms with E-state index in [1.807, 2.05) is 33.8 Å². The molecule has 90 valence electrons. The number of rotatable bonds is 3. The molecule has 3 nitrogen and oxygen atoms in total. The summed E-state index contributed by atoms with van der Waals surface area (Å²) in [5.74, 6) is 0.420. The maximum absolute atomic E-state index is 11.1. The molecule has 1 rings (SSSR count). The zero-order valence-corrected chi connectivity index (χ0v) is 10.9. The number of hydrogen-bond acceptors (Lipinski definition) is 3. The zero-order valence-electron chi connectivity index (χ0n) is 10.1. The van der Waals surface area contributed by atoms with Crippen LogP contribution >= 0.6 is 0 Å². The molecule has 1 aromatic rings. The first-order chi connectivity index (χ1) is 7.36. The largest absolute Gasteiger partial charge is 0.768 e. The molecule has 0 N–H and O–H groups in total. The molecule has 0 aliphatic rings. The first-order valence-corrected chi connectivity index (χ1v) is 6.30. The van der Waals surface area contributed by atoms with Gasteiger partial charge in [0.1, 0.15) is 5.75 Å². The van der Waals surface area contributed by atoms with Gasteiger partial charge in [-0.15, -0.1) is 0 Å². The summed E-state index contributed by atoms with van der Waals surface area (Å²) in [6, 6.07) is 5.30. The van der Waals surface area contributed by atoms with Crippen LogP contribution < -0.4 is 4.74 Å². The minimum atomic E-state index is -2.26. The lowest BCUT2D eigenvalue weighted by molar-refractivity contribution is 0.330. The van der Waals surface area contributed by atoms with Crippen molar-refractivity contribution in [3.05, 3.63) is 23.8 Å². The minimum Gasteiger partial charge on any atom is -0.768 e. The van der Waals surface area contributed by atoms with Crippen LogP contribution in [0.25, 0.3) is 0 Å². The molecule has 0 spiro atoms. The number of hydrogen-bond donors (Lipinski definition) is 0. The van der Waals surface area contributed by atoms with Gasteiger partial charge in [0.2, 0.25) is 0 Å². The van der Waals surface area contributed by atoms with Crippen molar-refractivity contribution in [2.75, 3.05) is 6.61 Å². The third kappa shape index (κ3) is 3.06. The molecule has 0 saturated carbocycles. The first kappa shape index (κ1) is 13.2. The third-order valence-corrected chi connectivity index (χ3v) is 2.97. The molecule has 0 radical (unpaired) electrons. The summed E-state index contributed by atoms with van der Waals surface area (Å²) in [5, 5.41) is 0. The fourth-order valence-electron chi connectivity index (χ4n) is 1.38. The van der Waals surface area contributed by atoms with Crippen molar-refractivity contribution in [3.63, 3.8) is 0 Å². The second kappa shape index (κ2) is 4.97. The van der Waals surface area contributed by atoms with Crippen molar-refractivity contribution >= 4 is 11.1 Å². The topological polar surface area (TPSA) is 49.4 Å². The highest BCUT2D eigenvalue weighted by Crippen LogP contribution is 2.29. The number of benzene rings is 1. The monoisotopic (exact) mass is 241 g/mol. The molecule has 0 bridgehead atoms. The maximum atomic E-state index is 11.1. The van der Waals surface area contributed by atoms with Crippen LogP contribution in [0.2, 0.25) is 0 Å². The molecule has 0 heterocycles. The van der Waals surface area contributed by atoms with E-state index in [2.05, 4.69) is 0 Å². The van der Waals surface area contributed by atoms with Gasteiger partial charge in [-0.1, -0.05) is 26.8 Å². The van der Waals surface area contributed by atoms with Crippen LogP contribution in [-0.4, -0.2) is 15.4 Å². The molecule has 0 aromatic heterocycles. The van der Waals surface area contributed by atoms with Crippen molar-refractivity contribution in [2.45, 2.75) is 38.0 Å². The SMILES string of the molecule is CCOc1ccc(C(C)(C)C)cc1S(=O)[O-]. The van der Waals surface area contributed by atoms with Gasteiger partial charge in [-0.3, -0.25) is 4.21 Å². The molecule has 16 heavy (non-hydrogen) atoms. The van der Waals surface area contributed by atoms with E-state index in [1.165, 1.54) is 0 Å². The van der Waals surface area contributed by atoms with E-state index < -0.39 is 11.1 Å². The van der Waals surface area contributed by atoms with E-state index in [1.54, 1.807) is 12.1 Å². The van der Waals surface area contributed by atoms with Crippen molar-refractivity contribution in [1.82, 2.24) is 0 Å². The van der Waals surface area contributed by atoms with Crippen LogP contribution in [0, 0.1) is 0 Å². The Morgan fingerprint density at radius 3 is 2.44 bits per heavy atom. The van der Waals surface area contributed by atoms with Gasteiger partial charge in [0, 0.05) is 0 Å². The van der Waals surface area contributed by atoms with Gasteiger partial charge in [-0.2, -0.15) is 0 Å².